The van der Waals surface area contributed by atoms with Crippen molar-refractivity contribution in [2.75, 3.05) is 17.7 Å². The fourth-order valence-corrected chi connectivity index (χ4v) is 4.79. The van der Waals surface area contributed by atoms with Gasteiger partial charge in [-0.15, -0.1) is 11.3 Å². The van der Waals surface area contributed by atoms with Crippen LogP contribution in [0, 0.1) is 6.92 Å². The zero-order valence-electron chi connectivity index (χ0n) is 17.7. The van der Waals surface area contributed by atoms with Crippen molar-refractivity contribution in [2.45, 2.75) is 13.5 Å². The molecule has 0 unspecified atom stereocenters. The van der Waals surface area contributed by atoms with Crippen molar-refractivity contribution >= 4 is 45.3 Å². The number of rotatable bonds is 6. The van der Waals surface area contributed by atoms with E-state index >= 15 is 0 Å². The fourth-order valence-electron chi connectivity index (χ4n) is 3.43. The quantitative estimate of drug-likeness (QED) is 0.289. The SMILES string of the molecule is COC(=O)c1c(NC(=S)Nc2cnn(Cc3ccccc3)c2)sc(C)c1-c1ccccc1. The van der Waals surface area contributed by atoms with Crippen LogP contribution in [0.1, 0.15) is 20.8 Å². The van der Waals surface area contributed by atoms with Crippen molar-refractivity contribution in [3.63, 3.8) is 0 Å². The average Bonchev–Trinajstić information content (AvgIpc) is 3.37. The molecule has 32 heavy (non-hydrogen) atoms. The van der Waals surface area contributed by atoms with E-state index < -0.39 is 5.97 Å². The number of aryl methyl sites for hydroxylation is 1. The van der Waals surface area contributed by atoms with Gasteiger partial charge in [-0.25, -0.2) is 4.79 Å². The summed E-state index contributed by atoms with van der Waals surface area (Å²) < 4.78 is 6.90. The Bertz CT molecular complexity index is 1230. The molecule has 0 bridgehead atoms. The van der Waals surface area contributed by atoms with Crippen molar-refractivity contribution in [3.05, 3.63) is 89.1 Å². The van der Waals surface area contributed by atoms with Crippen molar-refractivity contribution in [1.29, 1.82) is 0 Å². The zero-order chi connectivity index (χ0) is 22.5. The highest BCUT2D eigenvalue weighted by Crippen LogP contribution is 2.40. The number of benzene rings is 2. The van der Waals surface area contributed by atoms with Crippen LogP contribution < -0.4 is 10.6 Å². The maximum absolute atomic E-state index is 12.6. The molecule has 0 aliphatic heterocycles. The van der Waals surface area contributed by atoms with E-state index in [1.807, 2.05) is 66.3 Å². The number of carbonyl (C=O) groups is 1. The van der Waals surface area contributed by atoms with Gasteiger partial charge in [-0.05, 0) is 30.3 Å². The fraction of sp³-hybridized carbons (Fsp3) is 0.125. The molecule has 0 fully saturated rings. The maximum atomic E-state index is 12.6. The predicted molar refractivity (Wildman–Crippen MR) is 133 cm³/mol. The molecule has 2 aromatic heterocycles. The number of methoxy groups -OCH3 is 1. The second-order valence-corrected chi connectivity index (χ2v) is 8.72. The van der Waals surface area contributed by atoms with E-state index in [0.29, 0.717) is 22.2 Å². The summed E-state index contributed by atoms with van der Waals surface area (Å²) in [5, 5.41) is 11.7. The Morgan fingerprint density at radius 3 is 2.47 bits per heavy atom. The van der Waals surface area contributed by atoms with Gasteiger partial charge in [0.05, 0.1) is 25.5 Å². The molecule has 4 aromatic rings. The lowest BCUT2D eigenvalue weighted by molar-refractivity contribution is 0.0603. The first-order valence-corrected chi connectivity index (χ1v) is 11.2. The molecule has 2 N–H and O–H groups in total. The number of esters is 1. The lowest BCUT2D eigenvalue weighted by Crippen LogP contribution is -2.19. The molecule has 0 amide bonds. The van der Waals surface area contributed by atoms with Gasteiger partial charge >= 0.3 is 5.97 Å². The largest absolute Gasteiger partial charge is 0.465 e. The molecule has 0 radical (unpaired) electrons. The topological polar surface area (TPSA) is 68.2 Å². The number of aromatic nitrogens is 2. The Hall–Kier alpha value is -3.49. The number of ether oxygens (including phenoxy) is 1. The molecule has 0 spiro atoms. The summed E-state index contributed by atoms with van der Waals surface area (Å²) in [7, 11) is 1.38. The second kappa shape index (κ2) is 9.76. The van der Waals surface area contributed by atoms with E-state index in [9.17, 15) is 4.79 Å². The number of nitrogens with one attached hydrogen (secondary N) is 2. The third-order valence-electron chi connectivity index (χ3n) is 4.84. The second-order valence-electron chi connectivity index (χ2n) is 7.09. The molecule has 2 heterocycles. The average molecular weight is 463 g/mol. The van der Waals surface area contributed by atoms with Crippen LogP contribution in [-0.2, 0) is 11.3 Å². The van der Waals surface area contributed by atoms with E-state index in [1.54, 1.807) is 6.20 Å². The summed E-state index contributed by atoms with van der Waals surface area (Å²) in [6.07, 6.45) is 3.60. The third-order valence-corrected chi connectivity index (χ3v) is 6.07. The van der Waals surface area contributed by atoms with E-state index in [2.05, 4.69) is 27.9 Å². The van der Waals surface area contributed by atoms with Gasteiger partial charge in [-0.2, -0.15) is 5.10 Å². The van der Waals surface area contributed by atoms with Gasteiger partial charge in [-0.1, -0.05) is 60.7 Å². The highest BCUT2D eigenvalue weighted by molar-refractivity contribution is 7.80. The van der Waals surface area contributed by atoms with Crippen LogP contribution in [0.15, 0.2) is 73.1 Å². The Labute approximate surface area is 195 Å². The van der Waals surface area contributed by atoms with Crippen LogP contribution in [-0.4, -0.2) is 28.0 Å². The Morgan fingerprint density at radius 2 is 1.78 bits per heavy atom. The molecule has 0 aliphatic rings. The van der Waals surface area contributed by atoms with Crippen molar-refractivity contribution in [1.82, 2.24) is 9.78 Å². The lowest BCUT2D eigenvalue weighted by Gasteiger charge is -2.10. The minimum atomic E-state index is -0.408. The van der Waals surface area contributed by atoms with Crippen LogP contribution >= 0.6 is 23.6 Å². The maximum Gasteiger partial charge on any atom is 0.341 e. The number of anilines is 2. The van der Waals surface area contributed by atoms with Gasteiger partial charge in [0.2, 0.25) is 0 Å². The molecule has 0 aliphatic carbocycles. The van der Waals surface area contributed by atoms with E-state index in [0.717, 1.165) is 27.3 Å². The molecular weight excluding hydrogens is 440 g/mol. The first-order valence-electron chi connectivity index (χ1n) is 9.96. The smallest absolute Gasteiger partial charge is 0.341 e. The normalized spacial score (nSPS) is 10.6. The Morgan fingerprint density at radius 1 is 1.09 bits per heavy atom. The number of hydrogen-bond donors (Lipinski definition) is 2. The molecule has 162 valence electrons. The van der Waals surface area contributed by atoms with Gasteiger partial charge in [0.1, 0.15) is 10.6 Å². The van der Waals surface area contributed by atoms with Gasteiger partial charge < -0.3 is 15.4 Å². The number of carbonyl (C=O) groups excluding carboxylic acids is 1. The van der Waals surface area contributed by atoms with Crippen molar-refractivity contribution < 1.29 is 9.53 Å². The number of thiophene rings is 1. The predicted octanol–water partition coefficient (Wildman–Crippen LogP) is 5.56. The number of thiocarbonyl (C=S) groups is 1. The van der Waals surface area contributed by atoms with Crippen molar-refractivity contribution in [2.24, 2.45) is 0 Å². The summed E-state index contributed by atoms with van der Waals surface area (Å²) in [5.74, 6) is -0.408. The molecule has 4 rings (SSSR count). The summed E-state index contributed by atoms with van der Waals surface area (Å²) in [6.45, 7) is 2.65. The van der Waals surface area contributed by atoms with E-state index in [1.165, 1.54) is 18.4 Å². The summed E-state index contributed by atoms with van der Waals surface area (Å²) in [5.41, 5.74) is 4.20. The highest BCUT2D eigenvalue weighted by atomic mass is 32.1. The highest BCUT2D eigenvalue weighted by Gasteiger charge is 2.24. The molecule has 0 saturated carbocycles. The third kappa shape index (κ3) is 4.87. The Kier molecular flexibility index (Phi) is 6.63. The summed E-state index contributed by atoms with van der Waals surface area (Å²) >= 11 is 6.97. The van der Waals surface area contributed by atoms with Gasteiger partial charge in [-0.3, -0.25) is 4.68 Å². The van der Waals surface area contributed by atoms with Crippen LogP contribution in [0.5, 0.6) is 0 Å². The van der Waals surface area contributed by atoms with Crippen LogP contribution in [0.3, 0.4) is 0 Å². The molecular formula is C24H22N4O2S2. The number of nitrogens with zero attached hydrogens (tertiary/aromatic N) is 2. The molecule has 6 nitrogen and oxygen atoms in total. The van der Waals surface area contributed by atoms with E-state index in [4.69, 9.17) is 17.0 Å². The number of hydrogen-bond acceptors (Lipinski definition) is 5. The van der Waals surface area contributed by atoms with Crippen LogP contribution in [0.4, 0.5) is 10.7 Å². The van der Waals surface area contributed by atoms with Gasteiger partial charge in [0.25, 0.3) is 0 Å². The Balaban J connectivity index is 1.52. The minimum absolute atomic E-state index is 0.371. The van der Waals surface area contributed by atoms with Crippen LogP contribution in [0.2, 0.25) is 0 Å². The zero-order valence-corrected chi connectivity index (χ0v) is 19.3. The molecule has 2 aromatic carbocycles. The standard InChI is InChI=1S/C24H22N4O2S2/c1-16-20(18-11-7-4-8-12-18)21(23(29)30-2)22(32-16)27-24(31)26-19-13-25-28(15-19)14-17-9-5-3-6-10-17/h3-13,15H,14H2,1-2H3,(H2,26,27,31). The lowest BCUT2D eigenvalue weighted by atomic mass is 10.0. The first kappa shape index (κ1) is 21.7. The summed E-state index contributed by atoms with van der Waals surface area (Å²) in [6, 6.07) is 19.9. The first-order chi connectivity index (χ1) is 15.5. The molecule has 8 heteroatoms. The minimum Gasteiger partial charge on any atom is -0.465 e. The van der Waals surface area contributed by atoms with Gasteiger partial charge in [0, 0.05) is 16.6 Å². The monoisotopic (exact) mass is 462 g/mol. The summed E-state index contributed by atoms with van der Waals surface area (Å²) in [4.78, 5) is 13.6. The van der Waals surface area contributed by atoms with Gasteiger partial charge in [0.15, 0.2) is 5.11 Å². The molecule has 0 saturated heterocycles. The van der Waals surface area contributed by atoms with Crippen LogP contribution in [0.25, 0.3) is 11.1 Å². The van der Waals surface area contributed by atoms with E-state index in [-0.39, 0.29) is 0 Å². The molecule has 0 atom stereocenters. The van der Waals surface area contributed by atoms with Crippen molar-refractivity contribution in [3.8, 4) is 11.1 Å².